The lowest BCUT2D eigenvalue weighted by Gasteiger charge is -2.12. The van der Waals surface area contributed by atoms with Crippen molar-refractivity contribution in [1.82, 2.24) is 24.5 Å². The summed E-state index contributed by atoms with van der Waals surface area (Å²) in [6.45, 7) is 8.15. The van der Waals surface area contributed by atoms with Crippen LogP contribution in [0.5, 0.6) is 0 Å². The van der Waals surface area contributed by atoms with E-state index in [1.54, 1.807) is 17.1 Å². The number of anilines is 2. The van der Waals surface area contributed by atoms with Crippen molar-refractivity contribution in [1.29, 1.82) is 0 Å². The van der Waals surface area contributed by atoms with Gasteiger partial charge in [-0.3, -0.25) is 4.57 Å². The Kier molecular flexibility index (Phi) is 5.48. The van der Waals surface area contributed by atoms with Crippen molar-refractivity contribution in [2.24, 2.45) is 5.92 Å². The first-order valence-corrected chi connectivity index (χ1v) is 7.45. The van der Waals surface area contributed by atoms with Gasteiger partial charge in [0.15, 0.2) is 0 Å². The number of imidazole rings is 1. The van der Waals surface area contributed by atoms with Gasteiger partial charge < -0.3 is 10.6 Å². The highest BCUT2D eigenvalue weighted by Crippen LogP contribution is 2.10. The van der Waals surface area contributed by atoms with E-state index in [1.165, 1.54) is 0 Å². The first kappa shape index (κ1) is 15.2. The summed E-state index contributed by atoms with van der Waals surface area (Å²) in [5, 5.41) is 6.48. The fourth-order valence-corrected chi connectivity index (χ4v) is 1.66. The summed E-state index contributed by atoms with van der Waals surface area (Å²) in [6.07, 6.45) is 7.33. The van der Waals surface area contributed by atoms with Gasteiger partial charge in [-0.2, -0.15) is 15.0 Å². The highest BCUT2D eigenvalue weighted by Gasteiger charge is 2.08. The standard InChI is InChI=1S/C14H23N7/c1-4-6-16-12-18-13(17-9-11(3)5-2)20-14(19-12)21-8-7-15-10-21/h7-8,10-11H,4-6,9H2,1-3H3,(H2,16,17,18,19,20). The molecule has 2 rings (SSSR count). The molecular weight excluding hydrogens is 266 g/mol. The fourth-order valence-electron chi connectivity index (χ4n) is 1.66. The van der Waals surface area contributed by atoms with Crippen LogP contribution in [0.15, 0.2) is 18.7 Å². The molecule has 0 bridgehead atoms. The number of nitrogens with zero attached hydrogens (tertiary/aromatic N) is 5. The van der Waals surface area contributed by atoms with Gasteiger partial charge >= 0.3 is 0 Å². The first-order chi connectivity index (χ1) is 10.2. The van der Waals surface area contributed by atoms with Crippen LogP contribution in [0, 0.1) is 5.92 Å². The Morgan fingerprint density at radius 2 is 1.90 bits per heavy atom. The van der Waals surface area contributed by atoms with E-state index in [0.717, 1.165) is 25.9 Å². The van der Waals surface area contributed by atoms with Crippen LogP contribution >= 0.6 is 0 Å². The third-order valence-corrected chi connectivity index (χ3v) is 3.20. The van der Waals surface area contributed by atoms with Gasteiger partial charge in [0.2, 0.25) is 17.8 Å². The first-order valence-electron chi connectivity index (χ1n) is 7.45. The third-order valence-electron chi connectivity index (χ3n) is 3.20. The quantitative estimate of drug-likeness (QED) is 0.776. The Morgan fingerprint density at radius 3 is 2.52 bits per heavy atom. The predicted molar refractivity (Wildman–Crippen MR) is 83.7 cm³/mol. The molecule has 2 heterocycles. The van der Waals surface area contributed by atoms with E-state index < -0.39 is 0 Å². The lowest BCUT2D eigenvalue weighted by atomic mass is 10.1. The van der Waals surface area contributed by atoms with Gasteiger partial charge in [0.25, 0.3) is 0 Å². The average Bonchev–Trinajstić information content (AvgIpc) is 3.04. The lowest BCUT2D eigenvalue weighted by Crippen LogP contribution is -2.16. The molecule has 0 spiro atoms. The van der Waals surface area contributed by atoms with E-state index in [-0.39, 0.29) is 0 Å². The van der Waals surface area contributed by atoms with Crippen molar-refractivity contribution in [2.45, 2.75) is 33.6 Å². The minimum atomic E-state index is 0.563. The van der Waals surface area contributed by atoms with Crippen molar-refractivity contribution in [3.05, 3.63) is 18.7 Å². The number of aromatic nitrogens is 5. The second-order valence-corrected chi connectivity index (χ2v) is 5.07. The van der Waals surface area contributed by atoms with Crippen molar-refractivity contribution in [3.8, 4) is 5.95 Å². The molecule has 2 aromatic rings. The molecule has 0 aliphatic carbocycles. The number of rotatable bonds is 8. The van der Waals surface area contributed by atoms with E-state index in [1.807, 2.05) is 6.20 Å². The Morgan fingerprint density at radius 1 is 1.14 bits per heavy atom. The molecule has 0 saturated heterocycles. The summed E-state index contributed by atoms with van der Waals surface area (Å²) in [5.74, 6) is 2.31. The molecule has 0 fully saturated rings. The molecular formula is C14H23N7. The zero-order valence-corrected chi connectivity index (χ0v) is 12.9. The van der Waals surface area contributed by atoms with Crippen LogP contribution in [0.1, 0.15) is 33.6 Å². The molecule has 2 N–H and O–H groups in total. The molecule has 7 heteroatoms. The van der Waals surface area contributed by atoms with Gasteiger partial charge in [-0.15, -0.1) is 0 Å². The maximum absolute atomic E-state index is 4.44. The molecule has 7 nitrogen and oxygen atoms in total. The van der Waals surface area contributed by atoms with E-state index in [4.69, 9.17) is 0 Å². The SMILES string of the molecule is CCCNc1nc(NCC(C)CC)nc(-n2ccnc2)n1. The normalized spacial score (nSPS) is 12.1. The van der Waals surface area contributed by atoms with Crippen molar-refractivity contribution >= 4 is 11.9 Å². The topological polar surface area (TPSA) is 80.5 Å². The molecule has 21 heavy (non-hydrogen) atoms. The molecule has 0 saturated carbocycles. The fraction of sp³-hybridized carbons (Fsp3) is 0.571. The Hall–Kier alpha value is -2.18. The molecule has 1 atom stereocenters. The van der Waals surface area contributed by atoms with Crippen LogP contribution in [0.3, 0.4) is 0 Å². The number of nitrogens with one attached hydrogen (secondary N) is 2. The molecule has 2 aromatic heterocycles. The Bertz CT molecular complexity index is 538. The summed E-state index contributed by atoms with van der Waals surface area (Å²) in [7, 11) is 0. The Balaban J connectivity index is 2.20. The van der Waals surface area contributed by atoms with Crippen molar-refractivity contribution < 1.29 is 0 Å². The summed E-state index contributed by atoms with van der Waals surface area (Å²) >= 11 is 0. The van der Waals surface area contributed by atoms with Gasteiger partial charge in [0.05, 0.1) is 0 Å². The summed E-state index contributed by atoms with van der Waals surface area (Å²) in [6, 6.07) is 0. The highest BCUT2D eigenvalue weighted by atomic mass is 15.3. The molecule has 1 unspecified atom stereocenters. The van der Waals surface area contributed by atoms with E-state index in [2.05, 4.69) is 51.3 Å². The highest BCUT2D eigenvalue weighted by molar-refractivity contribution is 5.38. The maximum atomic E-state index is 4.44. The molecule has 0 radical (unpaired) electrons. The van der Waals surface area contributed by atoms with Gasteiger partial charge in [-0.25, -0.2) is 4.98 Å². The van der Waals surface area contributed by atoms with Crippen LogP contribution in [0.2, 0.25) is 0 Å². The van der Waals surface area contributed by atoms with Gasteiger partial charge in [0, 0.05) is 25.5 Å². The largest absolute Gasteiger partial charge is 0.354 e. The summed E-state index contributed by atoms with van der Waals surface area (Å²) in [4.78, 5) is 17.3. The zero-order valence-electron chi connectivity index (χ0n) is 12.9. The average molecular weight is 289 g/mol. The lowest BCUT2D eigenvalue weighted by molar-refractivity contribution is 0.591. The van der Waals surface area contributed by atoms with Crippen molar-refractivity contribution in [3.63, 3.8) is 0 Å². The number of hydrogen-bond donors (Lipinski definition) is 2. The summed E-state index contributed by atoms with van der Waals surface area (Å²) < 4.78 is 1.77. The molecule has 0 aliphatic heterocycles. The smallest absolute Gasteiger partial charge is 0.241 e. The van der Waals surface area contributed by atoms with E-state index in [0.29, 0.717) is 23.8 Å². The second-order valence-electron chi connectivity index (χ2n) is 5.07. The van der Waals surface area contributed by atoms with E-state index >= 15 is 0 Å². The van der Waals surface area contributed by atoms with Crippen LogP contribution in [-0.4, -0.2) is 37.6 Å². The maximum Gasteiger partial charge on any atom is 0.241 e. The summed E-state index contributed by atoms with van der Waals surface area (Å²) in [5.41, 5.74) is 0. The van der Waals surface area contributed by atoms with Gasteiger partial charge in [-0.1, -0.05) is 27.2 Å². The van der Waals surface area contributed by atoms with Crippen LogP contribution < -0.4 is 10.6 Å². The molecule has 0 aromatic carbocycles. The van der Waals surface area contributed by atoms with Crippen LogP contribution in [-0.2, 0) is 0 Å². The predicted octanol–water partition coefficient (Wildman–Crippen LogP) is 2.34. The monoisotopic (exact) mass is 289 g/mol. The minimum absolute atomic E-state index is 0.563. The van der Waals surface area contributed by atoms with Gasteiger partial charge in [-0.05, 0) is 12.3 Å². The molecule has 114 valence electrons. The zero-order chi connectivity index (χ0) is 15.1. The second kappa shape index (κ2) is 7.56. The van der Waals surface area contributed by atoms with Gasteiger partial charge in [0.1, 0.15) is 6.33 Å². The van der Waals surface area contributed by atoms with Crippen molar-refractivity contribution in [2.75, 3.05) is 23.7 Å². The van der Waals surface area contributed by atoms with Crippen LogP contribution in [0.4, 0.5) is 11.9 Å². The molecule has 0 aliphatic rings. The molecule has 0 amide bonds. The minimum Gasteiger partial charge on any atom is -0.354 e. The Labute approximate surface area is 125 Å². The number of hydrogen-bond acceptors (Lipinski definition) is 6. The van der Waals surface area contributed by atoms with Crippen LogP contribution in [0.25, 0.3) is 5.95 Å². The van der Waals surface area contributed by atoms with E-state index in [9.17, 15) is 0 Å². The third kappa shape index (κ3) is 4.40.